The second-order valence-electron chi connectivity index (χ2n) is 6.80. The number of hydrogen-bond donors (Lipinski definition) is 0. The zero-order chi connectivity index (χ0) is 20.1. The van der Waals surface area contributed by atoms with E-state index in [4.69, 9.17) is 18.9 Å². The molecule has 2 aromatic heterocycles. The van der Waals surface area contributed by atoms with Crippen molar-refractivity contribution in [2.45, 2.75) is 13.3 Å². The van der Waals surface area contributed by atoms with E-state index in [1.807, 2.05) is 25.1 Å². The molecule has 0 radical (unpaired) electrons. The van der Waals surface area contributed by atoms with Crippen molar-refractivity contribution in [1.29, 1.82) is 0 Å². The van der Waals surface area contributed by atoms with Gasteiger partial charge < -0.3 is 13.9 Å². The van der Waals surface area contributed by atoms with Crippen LogP contribution in [-0.2, 0) is 4.74 Å². The van der Waals surface area contributed by atoms with Crippen molar-refractivity contribution in [3.05, 3.63) is 42.4 Å². The summed E-state index contributed by atoms with van der Waals surface area (Å²) in [6.07, 6.45) is 2.37. The van der Waals surface area contributed by atoms with Crippen LogP contribution in [0.3, 0.4) is 0 Å². The standard InChI is InChI=1S/C21H25N3O4S/c1-2-27-16-6-7-17-19(15-16)29-21(22-17)24(20(25)18-5-3-12-28-18)9-4-8-23-10-13-26-14-11-23/h3,5-7,12,15H,2,4,8-11,13-14H2,1H3. The predicted octanol–water partition coefficient (Wildman–Crippen LogP) is 3.66. The Kier molecular flexibility index (Phi) is 6.43. The molecule has 1 amide bonds. The van der Waals surface area contributed by atoms with Gasteiger partial charge in [-0.15, -0.1) is 0 Å². The lowest BCUT2D eigenvalue weighted by Crippen LogP contribution is -2.39. The van der Waals surface area contributed by atoms with E-state index >= 15 is 0 Å². The maximum Gasteiger partial charge on any atom is 0.295 e. The minimum absolute atomic E-state index is 0.166. The van der Waals surface area contributed by atoms with Gasteiger partial charge in [0.1, 0.15) is 5.75 Å². The molecule has 29 heavy (non-hydrogen) atoms. The van der Waals surface area contributed by atoms with Crippen LogP contribution < -0.4 is 9.64 Å². The third kappa shape index (κ3) is 4.77. The molecule has 1 aliphatic heterocycles. The Morgan fingerprint density at radius 1 is 1.31 bits per heavy atom. The van der Waals surface area contributed by atoms with Crippen molar-refractivity contribution in [2.24, 2.45) is 0 Å². The van der Waals surface area contributed by atoms with Crippen LogP contribution in [0.1, 0.15) is 23.9 Å². The number of morpholine rings is 1. The average molecular weight is 416 g/mol. The van der Waals surface area contributed by atoms with Gasteiger partial charge in [0.25, 0.3) is 5.91 Å². The molecule has 1 saturated heterocycles. The molecule has 1 aliphatic rings. The lowest BCUT2D eigenvalue weighted by molar-refractivity contribution is 0.0376. The molecule has 3 aromatic rings. The van der Waals surface area contributed by atoms with Gasteiger partial charge in [-0.2, -0.15) is 0 Å². The van der Waals surface area contributed by atoms with Crippen molar-refractivity contribution in [3.63, 3.8) is 0 Å². The molecular weight excluding hydrogens is 390 g/mol. The van der Waals surface area contributed by atoms with Crippen LogP contribution in [0, 0.1) is 0 Å². The van der Waals surface area contributed by atoms with Crippen LogP contribution in [0.2, 0.25) is 0 Å². The number of ether oxygens (including phenoxy) is 2. The molecule has 1 fully saturated rings. The third-order valence-corrected chi connectivity index (χ3v) is 5.87. The Morgan fingerprint density at radius 3 is 2.93 bits per heavy atom. The highest BCUT2D eigenvalue weighted by molar-refractivity contribution is 7.22. The van der Waals surface area contributed by atoms with Crippen LogP contribution in [0.4, 0.5) is 5.13 Å². The summed E-state index contributed by atoms with van der Waals surface area (Å²) in [6, 6.07) is 9.24. The molecule has 0 atom stereocenters. The number of aromatic nitrogens is 1. The number of hydrogen-bond acceptors (Lipinski definition) is 7. The molecule has 7 nitrogen and oxygen atoms in total. The van der Waals surface area contributed by atoms with E-state index in [0.29, 0.717) is 24.0 Å². The molecule has 0 unspecified atom stereocenters. The summed E-state index contributed by atoms with van der Waals surface area (Å²) >= 11 is 1.50. The predicted molar refractivity (Wildman–Crippen MR) is 113 cm³/mol. The molecular formula is C21H25N3O4S. The third-order valence-electron chi connectivity index (χ3n) is 4.83. The van der Waals surface area contributed by atoms with E-state index in [1.165, 1.54) is 17.6 Å². The van der Waals surface area contributed by atoms with Gasteiger partial charge in [-0.25, -0.2) is 4.98 Å². The molecule has 3 heterocycles. The number of nitrogens with zero attached hydrogens (tertiary/aromatic N) is 3. The zero-order valence-corrected chi connectivity index (χ0v) is 17.3. The summed E-state index contributed by atoms with van der Waals surface area (Å²) in [4.78, 5) is 21.9. The minimum Gasteiger partial charge on any atom is -0.494 e. The van der Waals surface area contributed by atoms with Gasteiger partial charge in [-0.1, -0.05) is 11.3 Å². The van der Waals surface area contributed by atoms with Crippen LogP contribution in [0.15, 0.2) is 41.0 Å². The van der Waals surface area contributed by atoms with Gasteiger partial charge in [0.05, 0.1) is 36.3 Å². The Bertz CT molecular complexity index is 935. The minimum atomic E-state index is -0.166. The largest absolute Gasteiger partial charge is 0.494 e. The normalized spacial score (nSPS) is 14.9. The maximum atomic E-state index is 13.1. The van der Waals surface area contributed by atoms with Crippen LogP contribution in [0.25, 0.3) is 10.2 Å². The summed E-state index contributed by atoms with van der Waals surface area (Å²) in [7, 11) is 0. The molecule has 8 heteroatoms. The number of benzene rings is 1. The molecule has 1 aromatic carbocycles. The van der Waals surface area contributed by atoms with Crippen molar-refractivity contribution < 1.29 is 18.7 Å². The van der Waals surface area contributed by atoms with E-state index in [9.17, 15) is 4.79 Å². The number of carbonyl (C=O) groups is 1. The number of amides is 1. The Hall–Kier alpha value is -2.42. The Morgan fingerprint density at radius 2 is 2.17 bits per heavy atom. The highest BCUT2D eigenvalue weighted by atomic mass is 32.1. The topological polar surface area (TPSA) is 68.0 Å². The molecule has 0 spiro atoms. The fraction of sp³-hybridized carbons (Fsp3) is 0.429. The fourth-order valence-electron chi connectivity index (χ4n) is 3.36. The van der Waals surface area contributed by atoms with Gasteiger partial charge >= 0.3 is 0 Å². The van der Waals surface area contributed by atoms with Crippen LogP contribution in [0.5, 0.6) is 5.75 Å². The summed E-state index contributed by atoms with van der Waals surface area (Å²) < 4.78 is 17.4. The summed E-state index contributed by atoms with van der Waals surface area (Å²) in [5.74, 6) is 0.970. The zero-order valence-electron chi connectivity index (χ0n) is 16.5. The molecule has 0 bridgehead atoms. The van der Waals surface area contributed by atoms with Crippen molar-refractivity contribution >= 4 is 32.6 Å². The Labute approximate surface area is 173 Å². The summed E-state index contributed by atoms with van der Waals surface area (Å²) in [5, 5.41) is 0.678. The average Bonchev–Trinajstić information content (AvgIpc) is 3.41. The van der Waals surface area contributed by atoms with E-state index in [2.05, 4.69) is 4.90 Å². The maximum absolute atomic E-state index is 13.1. The number of carbonyl (C=O) groups excluding carboxylic acids is 1. The fourth-order valence-corrected chi connectivity index (χ4v) is 4.38. The summed E-state index contributed by atoms with van der Waals surface area (Å²) in [5.41, 5.74) is 0.860. The highest BCUT2D eigenvalue weighted by Crippen LogP contribution is 2.32. The first-order valence-corrected chi connectivity index (χ1v) is 10.7. The number of rotatable bonds is 8. The molecule has 154 valence electrons. The molecule has 0 saturated carbocycles. The SMILES string of the molecule is CCOc1ccc2nc(N(CCCN3CCOCC3)C(=O)c3ccco3)sc2c1. The van der Waals surface area contributed by atoms with Crippen molar-refractivity contribution in [1.82, 2.24) is 9.88 Å². The van der Waals surface area contributed by atoms with E-state index in [-0.39, 0.29) is 5.91 Å². The molecule has 4 rings (SSSR count). The first kappa shape index (κ1) is 19.9. The number of thiazole rings is 1. The van der Waals surface area contributed by atoms with Gasteiger partial charge in [0.15, 0.2) is 10.9 Å². The van der Waals surface area contributed by atoms with Gasteiger partial charge in [-0.3, -0.25) is 14.6 Å². The molecule has 0 aliphatic carbocycles. The summed E-state index contributed by atoms with van der Waals surface area (Å²) in [6.45, 7) is 7.49. The van der Waals surface area contributed by atoms with E-state index < -0.39 is 0 Å². The quantitative estimate of drug-likeness (QED) is 0.559. The molecule has 0 N–H and O–H groups in total. The van der Waals surface area contributed by atoms with Gasteiger partial charge in [0, 0.05) is 26.2 Å². The van der Waals surface area contributed by atoms with Crippen LogP contribution >= 0.6 is 11.3 Å². The lowest BCUT2D eigenvalue weighted by Gasteiger charge is -2.27. The first-order valence-electron chi connectivity index (χ1n) is 9.93. The van der Waals surface area contributed by atoms with E-state index in [1.54, 1.807) is 17.0 Å². The first-order chi connectivity index (χ1) is 14.2. The number of fused-ring (bicyclic) bond motifs is 1. The van der Waals surface area contributed by atoms with E-state index in [0.717, 1.165) is 55.2 Å². The van der Waals surface area contributed by atoms with Crippen LogP contribution in [-0.4, -0.2) is 61.8 Å². The smallest absolute Gasteiger partial charge is 0.295 e. The van der Waals surface area contributed by atoms with Crippen molar-refractivity contribution in [2.75, 3.05) is 50.9 Å². The number of furan rings is 1. The second kappa shape index (κ2) is 9.39. The monoisotopic (exact) mass is 415 g/mol. The lowest BCUT2D eigenvalue weighted by atomic mass is 10.3. The second-order valence-corrected chi connectivity index (χ2v) is 7.81. The Balaban J connectivity index is 1.53. The highest BCUT2D eigenvalue weighted by Gasteiger charge is 2.23. The van der Waals surface area contributed by atoms with Crippen molar-refractivity contribution in [3.8, 4) is 5.75 Å². The number of anilines is 1. The van der Waals surface area contributed by atoms with Gasteiger partial charge in [-0.05, 0) is 43.7 Å². The van der Waals surface area contributed by atoms with Gasteiger partial charge in [0.2, 0.25) is 0 Å².